The van der Waals surface area contributed by atoms with Gasteiger partial charge < -0.3 is 10.5 Å². The average Bonchev–Trinajstić information content (AvgIpc) is 2.66. The first kappa shape index (κ1) is 17.4. The number of ether oxygens (including phenoxy) is 1. The summed E-state index contributed by atoms with van der Waals surface area (Å²) in [6.45, 7) is 2.18. The third-order valence-electron chi connectivity index (χ3n) is 3.75. The quantitative estimate of drug-likeness (QED) is 0.732. The Labute approximate surface area is 151 Å². The van der Waals surface area contributed by atoms with Crippen molar-refractivity contribution in [1.29, 1.82) is 0 Å². The molecule has 130 valence electrons. The lowest BCUT2D eigenvalue weighted by Gasteiger charge is -2.06. The third kappa shape index (κ3) is 4.58. The van der Waals surface area contributed by atoms with Crippen LogP contribution in [0.5, 0.6) is 5.75 Å². The first-order valence-corrected chi connectivity index (χ1v) is 8.15. The van der Waals surface area contributed by atoms with Gasteiger partial charge in [-0.15, -0.1) is 0 Å². The summed E-state index contributed by atoms with van der Waals surface area (Å²) in [6, 6.07) is 14.7. The van der Waals surface area contributed by atoms with Crippen molar-refractivity contribution in [3.05, 3.63) is 83.1 Å². The van der Waals surface area contributed by atoms with E-state index in [0.717, 1.165) is 17.0 Å². The van der Waals surface area contributed by atoms with E-state index in [1.165, 1.54) is 6.07 Å². The molecule has 0 saturated heterocycles. The minimum absolute atomic E-state index is 0.102. The molecule has 0 bridgehead atoms. The lowest BCUT2D eigenvalue weighted by atomic mass is 10.1. The molecule has 0 atom stereocenters. The SMILES string of the molecule is Cc1nc(N)c(F)cc1C#CCc1ccc(OCc2ccccn2)cc1. The Balaban J connectivity index is 1.59. The van der Waals surface area contributed by atoms with Crippen molar-refractivity contribution in [2.24, 2.45) is 0 Å². The summed E-state index contributed by atoms with van der Waals surface area (Å²) in [7, 11) is 0. The first-order valence-electron chi connectivity index (χ1n) is 8.15. The Morgan fingerprint density at radius 3 is 2.69 bits per heavy atom. The van der Waals surface area contributed by atoms with E-state index in [2.05, 4.69) is 21.8 Å². The van der Waals surface area contributed by atoms with E-state index in [9.17, 15) is 4.39 Å². The van der Waals surface area contributed by atoms with E-state index in [-0.39, 0.29) is 5.82 Å². The van der Waals surface area contributed by atoms with Gasteiger partial charge in [-0.1, -0.05) is 30.0 Å². The summed E-state index contributed by atoms with van der Waals surface area (Å²) in [5.74, 6) is 6.10. The van der Waals surface area contributed by atoms with Gasteiger partial charge in [0.25, 0.3) is 0 Å². The number of rotatable bonds is 4. The number of anilines is 1. The average molecular weight is 347 g/mol. The zero-order valence-electron chi connectivity index (χ0n) is 14.4. The number of hydrogen-bond donors (Lipinski definition) is 1. The predicted octanol–water partition coefficient (Wildman–Crippen LogP) is 3.68. The molecule has 0 radical (unpaired) electrons. The fraction of sp³-hybridized carbons (Fsp3) is 0.143. The van der Waals surface area contributed by atoms with Crippen LogP contribution in [0.2, 0.25) is 0 Å². The number of aryl methyl sites for hydroxylation is 1. The second kappa shape index (κ2) is 8.13. The Kier molecular flexibility index (Phi) is 5.45. The minimum atomic E-state index is -0.547. The van der Waals surface area contributed by atoms with Crippen LogP contribution in [0.25, 0.3) is 0 Å². The molecule has 4 nitrogen and oxygen atoms in total. The molecular weight excluding hydrogens is 329 g/mol. The van der Waals surface area contributed by atoms with E-state index in [4.69, 9.17) is 10.5 Å². The minimum Gasteiger partial charge on any atom is -0.487 e. The van der Waals surface area contributed by atoms with Crippen LogP contribution < -0.4 is 10.5 Å². The first-order chi connectivity index (χ1) is 12.6. The standard InChI is InChI=1S/C21H18FN3O/c1-15-17(13-20(22)21(23)25-15)6-4-5-16-8-10-19(11-9-16)26-14-18-7-2-3-12-24-18/h2-3,7-13H,5,14H2,1H3,(H2,23,25). The van der Waals surface area contributed by atoms with Crippen LogP contribution in [0.3, 0.4) is 0 Å². The molecule has 3 aromatic rings. The van der Waals surface area contributed by atoms with Crippen molar-refractivity contribution < 1.29 is 9.13 Å². The maximum atomic E-state index is 13.5. The zero-order valence-corrected chi connectivity index (χ0v) is 14.4. The number of benzene rings is 1. The van der Waals surface area contributed by atoms with Crippen LogP contribution >= 0.6 is 0 Å². The van der Waals surface area contributed by atoms with Crippen molar-refractivity contribution >= 4 is 5.82 Å². The molecule has 0 amide bonds. The van der Waals surface area contributed by atoms with Crippen molar-refractivity contribution in [2.75, 3.05) is 5.73 Å². The lowest BCUT2D eigenvalue weighted by Crippen LogP contribution is -1.99. The molecule has 26 heavy (non-hydrogen) atoms. The highest BCUT2D eigenvalue weighted by molar-refractivity contribution is 5.44. The van der Waals surface area contributed by atoms with Gasteiger partial charge in [0.2, 0.25) is 0 Å². The molecule has 2 N–H and O–H groups in total. The summed E-state index contributed by atoms with van der Waals surface area (Å²) in [5, 5.41) is 0. The molecule has 0 aliphatic rings. The van der Waals surface area contributed by atoms with Crippen LogP contribution in [-0.4, -0.2) is 9.97 Å². The highest BCUT2D eigenvalue weighted by Crippen LogP contribution is 2.15. The van der Waals surface area contributed by atoms with Crippen LogP contribution in [0, 0.1) is 24.6 Å². The van der Waals surface area contributed by atoms with Crippen LogP contribution in [0.4, 0.5) is 10.2 Å². The topological polar surface area (TPSA) is 61.0 Å². The van der Waals surface area contributed by atoms with E-state index in [1.54, 1.807) is 13.1 Å². The number of nitrogens with zero attached hydrogens (tertiary/aromatic N) is 2. The summed E-state index contributed by atoms with van der Waals surface area (Å²) in [4.78, 5) is 8.15. The Morgan fingerprint density at radius 2 is 1.96 bits per heavy atom. The number of hydrogen-bond acceptors (Lipinski definition) is 4. The van der Waals surface area contributed by atoms with Crippen molar-refractivity contribution in [2.45, 2.75) is 20.0 Å². The number of halogens is 1. The van der Waals surface area contributed by atoms with Gasteiger partial charge in [-0.05, 0) is 42.8 Å². The summed E-state index contributed by atoms with van der Waals surface area (Å²) >= 11 is 0. The Morgan fingerprint density at radius 1 is 1.15 bits per heavy atom. The normalized spacial score (nSPS) is 10.1. The van der Waals surface area contributed by atoms with Gasteiger partial charge in [0.1, 0.15) is 12.4 Å². The molecule has 0 fully saturated rings. The highest BCUT2D eigenvalue weighted by Gasteiger charge is 2.04. The van der Waals surface area contributed by atoms with Crippen molar-refractivity contribution in [3.8, 4) is 17.6 Å². The van der Waals surface area contributed by atoms with Crippen LogP contribution in [0.15, 0.2) is 54.7 Å². The second-order valence-electron chi connectivity index (χ2n) is 5.72. The van der Waals surface area contributed by atoms with Gasteiger partial charge in [-0.2, -0.15) is 0 Å². The Hall–Kier alpha value is -3.39. The number of nitrogen functional groups attached to an aromatic ring is 1. The molecule has 5 heteroatoms. The monoisotopic (exact) mass is 347 g/mol. The maximum absolute atomic E-state index is 13.5. The van der Waals surface area contributed by atoms with Crippen LogP contribution in [-0.2, 0) is 13.0 Å². The van der Waals surface area contributed by atoms with Crippen molar-refractivity contribution in [1.82, 2.24) is 9.97 Å². The molecule has 1 aromatic carbocycles. The maximum Gasteiger partial charge on any atom is 0.166 e. The van der Waals surface area contributed by atoms with E-state index in [0.29, 0.717) is 24.3 Å². The molecule has 2 aromatic heterocycles. The molecule has 0 unspecified atom stereocenters. The highest BCUT2D eigenvalue weighted by atomic mass is 19.1. The second-order valence-corrected chi connectivity index (χ2v) is 5.72. The molecule has 0 saturated carbocycles. The fourth-order valence-corrected chi connectivity index (χ4v) is 2.31. The van der Waals surface area contributed by atoms with Gasteiger partial charge in [-0.25, -0.2) is 9.37 Å². The van der Waals surface area contributed by atoms with E-state index in [1.807, 2.05) is 42.5 Å². The summed E-state index contributed by atoms with van der Waals surface area (Å²) in [6.07, 6.45) is 2.29. The molecule has 2 heterocycles. The van der Waals surface area contributed by atoms with E-state index >= 15 is 0 Å². The molecule has 3 rings (SSSR count). The number of aromatic nitrogens is 2. The van der Waals surface area contributed by atoms with E-state index < -0.39 is 5.82 Å². The Bertz CT molecular complexity index is 945. The molecule has 0 spiro atoms. The summed E-state index contributed by atoms with van der Waals surface area (Å²) in [5.41, 5.74) is 8.53. The predicted molar refractivity (Wildman–Crippen MR) is 98.9 cm³/mol. The van der Waals surface area contributed by atoms with Gasteiger partial charge in [0, 0.05) is 18.2 Å². The molecule has 0 aliphatic carbocycles. The largest absolute Gasteiger partial charge is 0.487 e. The van der Waals surface area contributed by atoms with Gasteiger partial charge in [0.15, 0.2) is 11.6 Å². The van der Waals surface area contributed by atoms with Crippen molar-refractivity contribution in [3.63, 3.8) is 0 Å². The smallest absolute Gasteiger partial charge is 0.166 e. The number of nitrogens with two attached hydrogens (primary N) is 1. The fourth-order valence-electron chi connectivity index (χ4n) is 2.31. The van der Waals surface area contributed by atoms with Gasteiger partial charge in [0.05, 0.1) is 11.4 Å². The van der Waals surface area contributed by atoms with Gasteiger partial charge >= 0.3 is 0 Å². The molecular formula is C21H18FN3O. The lowest BCUT2D eigenvalue weighted by molar-refractivity contribution is 0.301. The summed E-state index contributed by atoms with van der Waals surface area (Å²) < 4.78 is 19.2. The number of pyridine rings is 2. The van der Waals surface area contributed by atoms with Crippen LogP contribution in [0.1, 0.15) is 22.5 Å². The zero-order chi connectivity index (χ0) is 18.4. The van der Waals surface area contributed by atoms with Gasteiger partial charge in [-0.3, -0.25) is 4.98 Å². The third-order valence-corrected chi connectivity index (χ3v) is 3.75. The molecule has 0 aliphatic heterocycles.